The maximum atomic E-state index is 11.6. The largest absolute Gasteiger partial charge is 0.380 e. The zero-order chi connectivity index (χ0) is 14.3. The minimum atomic E-state index is 0.214. The third-order valence-corrected chi connectivity index (χ3v) is 3.72. The Bertz CT molecular complexity index is 271. The first kappa shape index (κ1) is 16.4. The van der Waals surface area contributed by atoms with Gasteiger partial charge in [-0.3, -0.25) is 9.69 Å². The summed E-state index contributed by atoms with van der Waals surface area (Å²) in [5, 5.41) is 0. The molecule has 0 spiro atoms. The van der Waals surface area contributed by atoms with Gasteiger partial charge in [-0.25, -0.2) is 0 Å². The quantitative estimate of drug-likeness (QED) is 0.632. The number of ether oxygens (including phenoxy) is 1. The van der Waals surface area contributed by atoms with E-state index < -0.39 is 0 Å². The van der Waals surface area contributed by atoms with E-state index in [4.69, 9.17) is 4.74 Å². The first-order valence-electron chi connectivity index (χ1n) is 7.29. The summed E-state index contributed by atoms with van der Waals surface area (Å²) >= 11 is 0. The van der Waals surface area contributed by atoms with Gasteiger partial charge in [-0.05, 0) is 13.8 Å². The Balaban J connectivity index is 2.23. The van der Waals surface area contributed by atoms with Crippen molar-refractivity contribution in [2.75, 3.05) is 60.0 Å². The standard InChI is InChI=1S/C14H29N3O2/c1-5-19-11-10-17-9-8-16(12-13(17)2)7-6-14(18)15(3)4/h13H,5-12H2,1-4H3/t13-/m1/s1. The molecule has 0 N–H and O–H groups in total. The molecule has 112 valence electrons. The molecule has 1 atom stereocenters. The highest BCUT2D eigenvalue weighted by Gasteiger charge is 2.23. The summed E-state index contributed by atoms with van der Waals surface area (Å²) in [6.07, 6.45) is 0.624. The number of amides is 1. The molecular weight excluding hydrogens is 242 g/mol. The summed E-state index contributed by atoms with van der Waals surface area (Å²) in [7, 11) is 3.63. The van der Waals surface area contributed by atoms with E-state index in [-0.39, 0.29) is 5.91 Å². The van der Waals surface area contributed by atoms with Crippen molar-refractivity contribution in [2.45, 2.75) is 26.3 Å². The molecule has 19 heavy (non-hydrogen) atoms. The molecule has 0 aliphatic carbocycles. The van der Waals surface area contributed by atoms with Crippen LogP contribution in [0.5, 0.6) is 0 Å². The lowest BCUT2D eigenvalue weighted by atomic mass is 10.2. The van der Waals surface area contributed by atoms with Crippen molar-refractivity contribution in [2.24, 2.45) is 0 Å². The molecule has 0 aromatic heterocycles. The van der Waals surface area contributed by atoms with Gasteiger partial charge in [0.15, 0.2) is 0 Å². The number of carbonyl (C=O) groups is 1. The Morgan fingerprint density at radius 3 is 2.63 bits per heavy atom. The van der Waals surface area contributed by atoms with Gasteiger partial charge in [0.2, 0.25) is 5.91 Å². The number of hydrogen-bond donors (Lipinski definition) is 0. The second-order valence-electron chi connectivity index (χ2n) is 5.42. The summed E-state index contributed by atoms with van der Waals surface area (Å²) in [4.78, 5) is 18.1. The van der Waals surface area contributed by atoms with Crippen LogP contribution in [0.2, 0.25) is 0 Å². The fraction of sp³-hybridized carbons (Fsp3) is 0.929. The minimum Gasteiger partial charge on any atom is -0.380 e. The van der Waals surface area contributed by atoms with Crippen molar-refractivity contribution < 1.29 is 9.53 Å². The monoisotopic (exact) mass is 271 g/mol. The van der Waals surface area contributed by atoms with E-state index in [1.54, 1.807) is 4.90 Å². The van der Waals surface area contributed by atoms with Crippen molar-refractivity contribution in [3.63, 3.8) is 0 Å². The van der Waals surface area contributed by atoms with E-state index in [0.29, 0.717) is 12.5 Å². The lowest BCUT2D eigenvalue weighted by Crippen LogP contribution is -2.53. The second-order valence-corrected chi connectivity index (χ2v) is 5.42. The van der Waals surface area contributed by atoms with Crippen molar-refractivity contribution in [3.8, 4) is 0 Å². The van der Waals surface area contributed by atoms with E-state index in [1.807, 2.05) is 21.0 Å². The SMILES string of the molecule is CCOCCN1CCN(CCC(=O)N(C)C)C[C@H]1C. The van der Waals surface area contributed by atoms with Gasteiger partial charge in [-0.2, -0.15) is 0 Å². The molecule has 0 unspecified atom stereocenters. The van der Waals surface area contributed by atoms with Crippen molar-refractivity contribution in [1.82, 2.24) is 14.7 Å². The maximum absolute atomic E-state index is 11.6. The second kappa shape index (κ2) is 8.51. The number of nitrogens with zero attached hydrogens (tertiary/aromatic N) is 3. The van der Waals surface area contributed by atoms with Crippen LogP contribution in [0.15, 0.2) is 0 Å². The van der Waals surface area contributed by atoms with Crippen LogP contribution in [0.1, 0.15) is 20.3 Å². The molecule has 0 aromatic rings. The average molecular weight is 271 g/mol. The van der Waals surface area contributed by atoms with Crippen molar-refractivity contribution in [3.05, 3.63) is 0 Å². The Kier molecular flexibility index (Phi) is 7.34. The topological polar surface area (TPSA) is 36.0 Å². The number of piperazine rings is 1. The molecule has 1 rings (SSSR count). The summed E-state index contributed by atoms with van der Waals surface area (Å²) in [6.45, 7) is 11.0. The predicted octanol–water partition coefficient (Wildman–Crippen LogP) is 0.507. The Morgan fingerprint density at radius 2 is 2.05 bits per heavy atom. The Morgan fingerprint density at radius 1 is 1.32 bits per heavy atom. The Labute approximate surface area is 117 Å². The average Bonchev–Trinajstić information content (AvgIpc) is 2.38. The third-order valence-electron chi connectivity index (χ3n) is 3.72. The molecule has 0 aromatic carbocycles. The van der Waals surface area contributed by atoms with Gasteiger partial charge in [0.25, 0.3) is 0 Å². The van der Waals surface area contributed by atoms with Crippen LogP contribution in [0.4, 0.5) is 0 Å². The van der Waals surface area contributed by atoms with Crippen LogP contribution in [-0.2, 0) is 9.53 Å². The minimum absolute atomic E-state index is 0.214. The van der Waals surface area contributed by atoms with Gasteiger partial charge in [-0.1, -0.05) is 0 Å². The highest BCUT2D eigenvalue weighted by molar-refractivity contribution is 5.75. The first-order chi connectivity index (χ1) is 9.04. The molecule has 0 saturated carbocycles. The smallest absolute Gasteiger partial charge is 0.223 e. The lowest BCUT2D eigenvalue weighted by molar-refractivity contribution is -0.129. The summed E-state index contributed by atoms with van der Waals surface area (Å²) in [5.41, 5.74) is 0. The number of hydrogen-bond acceptors (Lipinski definition) is 4. The zero-order valence-corrected chi connectivity index (χ0v) is 12.9. The Hall–Kier alpha value is -0.650. The first-order valence-corrected chi connectivity index (χ1v) is 7.29. The van der Waals surface area contributed by atoms with Gasteiger partial charge >= 0.3 is 0 Å². The molecule has 1 amide bonds. The van der Waals surface area contributed by atoms with Crippen LogP contribution >= 0.6 is 0 Å². The van der Waals surface area contributed by atoms with Gasteiger partial charge in [0.1, 0.15) is 0 Å². The molecule has 1 aliphatic rings. The number of rotatable bonds is 7. The van der Waals surface area contributed by atoms with E-state index >= 15 is 0 Å². The summed E-state index contributed by atoms with van der Waals surface area (Å²) in [6, 6.07) is 0.545. The van der Waals surface area contributed by atoms with Crippen LogP contribution in [0, 0.1) is 0 Å². The molecule has 1 heterocycles. The summed E-state index contributed by atoms with van der Waals surface area (Å²) < 4.78 is 5.41. The van der Waals surface area contributed by atoms with E-state index in [0.717, 1.165) is 45.9 Å². The van der Waals surface area contributed by atoms with E-state index in [9.17, 15) is 4.79 Å². The summed E-state index contributed by atoms with van der Waals surface area (Å²) in [5.74, 6) is 0.214. The van der Waals surface area contributed by atoms with Crippen LogP contribution in [0.25, 0.3) is 0 Å². The highest BCUT2D eigenvalue weighted by Crippen LogP contribution is 2.09. The van der Waals surface area contributed by atoms with Crippen molar-refractivity contribution in [1.29, 1.82) is 0 Å². The molecule has 5 heteroatoms. The van der Waals surface area contributed by atoms with E-state index in [1.165, 1.54) is 0 Å². The molecular formula is C14H29N3O2. The van der Waals surface area contributed by atoms with Gasteiger partial charge < -0.3 is 14.5 Å². The van der Waals surface area contributed by atoms with Crippen LogP contribution < -0.4 is 0 Å². The predicted molar refractivity (Wildman–Crippen MR) is 77.3 cm³/mol. The van der Waals surface area contributed by atoms with Gasteiger partial charge in [0.05, 0.1) is 6.61 Å². The van der Waals surface area contributed by atoms with Crippen molar-refractivity contribution >= 4 is 5.91 Å². The zero-order valence-electron chi connectivity index (χ0n) is 12.9. The van der Waals surface area contributed by atoms with Gasteiger partial charge in [-0.15, -0.1) is 0 Å². The highest BCUT2D eigenvalue weighted by atomic mass is 16.5. The van der Waals surface area contributed by atoms with Gasteiger partial charge in [0, 0.05) is 65.9 Å². The van der Waals surface area contributed by atoms with Crippen LogP contribution in [-0.4, -0.2) is 86.7 Å². The normalized spacial score (nSPS) is 21.6. The molecule has 1 aliphatic heterocycles. The van der Waals surface area contributed by atoms with E-state index in [2.05, 4.69) is 16.7 Å². The fourth-order valence-electron chi connectivity index (χ4n) is 2.41. The molecule has 0 bridgehead atoms. The third kappa shape index (κ3) is 5.89. The molecule has 1 fully saturated rings. The molecule has 0 radical (unpaired) electrons. The lowest BCUT2D eigenvalue weighted by Gasteiger charge is -2.39. The molecule has 5 nitrogen and oxygen atoms in total. The number of carbonyl (C=O) groups excluding carboxylic acids is 1. The van der Waals surface area contributed by atoms with Crippen LogP contribution in [0.3, 0.4) is 0 Å². The fourth-order valence-corrected chi connectivity index (χ4v) is 2.41. The maximum Gasteiger partial charge on any atom is 0.223 e. The molecule has 1 saturated heterocycles.